The molecule has 0 aromatic heterocycles. The van der Waals surface area contributed by atoms with Crippen LogP contribution in [0.5, 0.6) is 11.5 Å². The van der Waals surface area contributed by atoms with Crippen molar-refractivity contribution >= 4 is 0 Å². The van der Waals surface area contributed by atoms with Gasteiger partial charge in [-0.15, -0.1) is 0 Å². The summed E-state index contributed by atoms with van der Waals surface area (Å²) >= 11 is 0. The number of aliphatic hydroxyl groups is 2. The van der Waals surface area contributed by atoms with Crippen molar-refractivity contribution in [3.05, 3.63) is 23.8 Å². The number of piperidine rings is 1. The maximum Gasteiger partial charge on any atom is 0.124 e. The number of methoxy groups -OCH3 is 1. The van der Waals surface area contributed by atoms with Gasteiger partial charge in [-0.3, -0.25) is 0 Å². The van der Waals surface area contributed by atoms with Crippen LogP contribution in [0.25, 0.3) is 0 Å². The largest absolute Gasteiger partial charge is 0.497 e. The fourth-order valence-corrected chi connectivity index (χ4v) is 4.06. The fraction of sp³-hybridized carbons (Fsp3) is 0.727. The van der Waals surface area contributed by atoms with Gasteiger partial charge in [0.05, 0.1) is 13.2 Å². The highest BCUT2D eigenvalue weighted by Crippen LogP contribution is 2.29. The van der Waals surface area contributed by atoms with Crippen LogP contribution in [0.2, 0.25) is 0 Å². The number of hydrogen-bond donors (Lipinski definition) is 2. The summed E-state index contributed by atoms with van der Waals surface area (Å²) in [4.78, 5) is 4.54. The molecule has 1 saturated heterocycles. The molecule has 1 heterocycles. The van der Waals surface area contributed by atoms with Crippen LogP contribution in [0.3, 0.4) is 0 Å². The van der Waals surface area contributed by atoms with Crippen molar-refractivity contribution in [3.8, 4) is 11.5 Å². The van der Waals surface area contributed by atoms with Crippen molar-refractivity contribution in [2.45, 2.75) is 50.9 Å². The second-order valence-electron chi connectivity index (χ2n) is 8.46. The average molecular weight is 393 g/mol. The highest BCUT2D eigenvalue weighted by Gasteiger charge is 2.21. The van der Waals surface area contributed by atoms with Crippen molar-refractivity contribution < 1.29 is 19.7 Å². The Kier molecular flexibility index (Phi) is 7.97. The van der Waals surface area contributed by atoms with E-state index in [1.807, 2.05) is 18.2 Å². The highest BCUT2D eigenvalue weighted by molar-refractivity contribution is 5.40. The van der Waals surface area contributed by atoms with E-state index in [0.717, 1.165) is 62.0 Å². The third-order valence-corrected chi connectivity index (χ3v) is 5.96. The molecule has 0 amide bonds. The first-order valence-corrected chi connectivity index (χ1v) is 10.6. The van der Waals surface area contributed by atoms with Crippen LogP contribution in [0.4, 0.5) is 0 Å². The van der Waals surface area contributed by atoms with E-state index in [1.165, 1.54) is 19.3 Å². The molecule has 1 saturated carbocycles. The average Bonchev–Trinajstić information content (AvgIpc) is 2.65. The second-order valence-corrected chi connectivity index (χ2v) is 8.46. The molecule has 0 unspecified atom stereocenters. The van der Waals surface area contributed by atoms with Crippen molar-refractivity contribution in [1.29, 1.82) is 0 Å². The second kappa shape index (κ2) is 10.4. The molecule has 3 rings (SSSR count). The summed E-state index contributed by atoms with van der Waals surface area (Å²) in [7, 11) is 3.83. The molecule has 1 aliphatic heterocycles. The maximum atomic E-state index is 10.4. The van der Waals surface area contributed by atoms with Crippen molar-refractivity contribution in [2.24, 2.45) is 5.92 Å². The molecule has 0 bridgehead atoms. The number of aliphatic hydroxyl groups excluding tert-OH is 2. The maximum absolute atomic E-state index is 10.4. The molecule has 2 fully saturated rings. The van der Waals surface area contributed by atoms with Crippen LogP contribution >= 0.6 is 0 Å². The molecule has 1 atom stereocenters. The summed E-state index contributed by atoms with van der Waals surface area (Å²) in [5.41, 5.74) is 1.09. The van der Waals surface area contributed by atoms with Crippen molar-refractivity contribution in [2.75, 3.05) is 46.9 Å². The van der Waals surface area contributed by atoms with E-state index in [-0.39, 0.29) is 12.7 Å². The molecule has 6 nitrogen and oxygen atoms in total. The first kappa shape index (κ1) is 21.4. The van der Waals surface area contributed by atoms with Gasteiger partial charge < -0.3 is 29.5 Å². The van der Waals surface area contributed by atoms with Gasteiger partial charge in [0.25, 0.3) is 0 Å². The lowest BCUT2D eigenvalue weighted by Crippen LogP contribution is -2.41. The summed E-state index contributed by atoms with van der Waals surface area (Å²) in [5, 5.41) is 20.0. The van der Waals surface area contributed by atoms with Gasteiger partial charge in [0.1, 0.15) is 24.2 Å². The Morgan fingerprint density at radius 2 is 1.96 bits per heavy atom. The molecule has 1 aromatic rings. The Hall–Kier alpha value is -1.34. The molecule has 0 spiro atoms. The van der Waals surface area contributed by atoms with Gasteiger partial charge in [0.15, 0.2) is 0 Å². The number of benzene rings is 1. The van der Waals surface area contributed by atoms with E-state index in [9.17, 15) is 10.2 Å². The molecule has 2 aliphatic rings. The van der Waals surface area contributed by atoms with E-state index in [4.69, 9.17) is 9.47 Å². The minimum atomic E-state index is -0.544. The molecular weight excluding hydrogens is 356 g/mol. The molecule has 158 valence electrons. The lowest BCUT2D eigenvalue weighted by atomic mass is 9.85. The molecule has 0 radical (unpaired) electrons. The molecule has 6 heteroatoms. The van der Waals surface area contributed by atoms with Crippen LogP contribution in [0.15, 0.2) is 18.2 Å². The third kappa shape index (κ3) is 6.34. The molecule has 1 aliphatic carbocycles. The van der Waals surface area contributed by atoms with Gasteiger partial charge in [0.2, 0.25) is 0 Å². The molecule has 2 N–H and O–H groups in total. The zero-order chi connectivity index (χ0) is 19.9. The fourth-order valence-electron chi connectivity index (χ4n) is 4.06. The van der Waals surface area contributed by atoms with Gasteiger partial charge >= 0.3 is 0 Å². The Labute approximate surface area is 169 Å². The van der Waals surface area contributed by atoms with Gasteiger partial charge in [0, 0.05) is 38.3 Å². The SMILES string of the molecule is COc1ccc(OC[C@@H](O)CN2CCC(O)CC2)c(CN(C)CC2CCC2)c1. The number of β-amino-alcohol motifs (C(OH)–C–C–N with tert-alkyl or cyclic N) is 1. The summed E-state index contributed by atoms with van der Waals surface area (Å²) < 4.78 is 11.4. The number of ether oxygens (including phenoxy) is 2. The lowest BCUT2D eigenvalue weighted by molar-refractivity contribution is 0.0335. The van der Waals surface area contributed by atoms with E-state index < -0.39 is 6.10 Å². The van der Waals surface area contributed by atoms with Crippen LogP contribution < -0.4 is 9.47 Å². The Bertz CT molecular complexity index is 600. The monoisotopic (exact) mass is 392 g/mol. The Morgan fingerprint density at radius 1 is 1.21 bits per heavy atom. The number of likely N-dealkylation sites (tertiary alicyclic amines) is 1. The predicted molar refractivity (Wildman–Crippen MR) is 110 cm³/mol. The van der Waals surface area contributed by atoms with Gasteiger partial charge in [-0.1, -0.05) is 6.42 Å². The Balaban J connectivity index is 1.52. The van der Waals surface area contributed by atoms with Crippen LogP contribution in [0.1, 0.15) is 37.7 Å². The molecular formula is C22H36N2O4. The topological polar surface area (TPSA) is 65.4 Å². The molecule has 1 aromatic carbocycles. The first-order chi connectivity index (χ1) is 13.5. The summed E-state index contributed by atoms with van der Waals surface area (Å²) in [6, 6.07) is 5.88. The zero-order valence-electron chi connectivity index (χ0n) is 17.3. The zero-order valence-corrected chi connectivity index (χ0v) is 17.3. The number of rotatable bonds is 10. The quantitative estimate of drug-likeness (QED) is 0.636. The van der Waals surface area contributed by atoms with Gasteiger partial charge in [-0.05, 0) is 56.8 Å². The van der Waals surface area contributed by atoms with Crippen molar-refractivity contribution in [3.63, 3.8) is 0 Å². The minimum absolute atomic E-state index is 0.191. The third-order valence-electron chi connectivity index (χ3n) is 5.96. The van der Waals surface area contributed by atoms with E-state index in [1.54, 1.807) is 7.11 Å². The predicted octanol–water partition coefficient (Wildman–Crippen LogP) is 2.12. The first-order valence-electron chi connectivity index (χ1n) is 10.6. The smallest absolute Gasteiger partial charge is 0.124 e. The lowest BCUT2D eigenvalue weighted by Gasteiger charge is -2.31. The number of nitrogens with zero attached hydrogens (tertiary/aromatic N) is 2. The van der Waals surface area contributed by atoms with E-state index >= 15 is 0 Å². The Morgan fingerprint density at radius 3 is 2.61 bits per heavy atom. The van der Waals surface area contributed by atoms with Crippen molar-refractivity contribution in [1.82, 2.24) is 9.80 Å². The standard InChI is InChI=1S/C22H36N2O4/c1-23(13-17-4-3-5-17)14-18-12-21(27-2)6-7-22(18)28-16-20(26)15-24-10-8-19(25)9-11-24/h6-7,12,17,19-20,25-26H,3-5,8-11,13-16H2,1-2H3/t20-/m0/s1. The number of hydrogen-bond acceptors (Lipinski definition) is 6. The van der Waals surface area contributed by atoms with Gasteiger partial charge in [-0.25, -0.2) is 0 Å². The molecule has 28 heavy (non-hydrogen) atoms. The minimum Gasteiger partial charge on any atom is -0.497 e. The summed E-state index contributed by atoms with van der Waals surface area (Å²) in [6.07, 6.45) is 4.87. The van der Waals surface area contributed by atoms with Crippen LogP contribution in [-0.2, 0) is 6.54 Å². The van der Waals surface area contributed by atoms with E-state index in [0.29, 0.717) is 6.54 Å². The summed E-state index contributed by atoms with van der Waals surface area (Å²) in [5.74, 6) is 2.46. The highest BCUT2D eigenvalue weighted by atomic mass is 16.5. The summed E-state index contributed by atoms with van der Waals surface area (Å²) in [6.45, 7) is 4.43. The van der Waals surface area contributed by atoms with Crippen LogP contribution in [-0.4, -0.2) is 79.2 Å². The van der Waals surface area contributed by atoms with Crippen LogP contribution in [0, 0.1) is 5.92 Å². The van der Waals surface area contributed by atoms with E-state index in [2.05, 4.69) is 16.8 Å². The van der Waals surface area contributed by atoms with Gasteiger partial charge in [-0.2, -0.15) is 0 Å². The normalized spacial score (nSPS) is 20.2.